The molecule has 1 aromatic heterocycles. The summed E-state index contributed by atoms with van der Waals surface area (Å²) in [4.78, 5) is 14.0. The Kier molecular flexibility index (Phi) is 3.72. The van der Waals surface area contributed by atoms with Gasteiger partial charge in [-0.25, -0.2) is 0 Å². The van der Waals surface area contributed by atoms with Crippen LogP contribution in [0.15, 0.2) is 23.6 Å². The lowest BCUT2D eigenvalue weighted by Gasteiger charge is -2.24. The molecule has 0 radical (unpaired) electrons. The maximum atomic E-state index is 12.6. The zero-order chi connectivity index (χ0) is 15.0. The van der Waals surface area contributed by atoms with Gasteiger partial charge in [-0.2, -0.15) is 0 Å². The molecule has 4 heteroatoms. The number of nitrogen functional groups attached to an aromatic ring is 1. The summed E-state index contributed by atoms with van der Waals surface area (Å²) < 4.78 is 0. The Hall–Kier alpha value is -1.81. The monoisotopic (exact) mass is 300 g/mol. The fourth-order valence-corrected chi connectivity index (χ4v) is 3.97. The molecular formula is C17H20N2OS. The van der Waals surface area contributed by atoms with Crippen LogP contribution < -0.4 is 11.1 Å². The van der Waals surface area contributed by atoms with Crippen molar-refractivity contribution in [1.82, 2.24) is 5.32 Å². The summed E-state index contributed by atoms with van der Waals surface area (Å²) in [6.45, 7) is 3.92. The number of rotatable bonds is 2. The minimum atomic E-state index is -0.0248. The number of hydrogen-bond donors (Lipinski definition) is 2. The average molecular weight is 300 g/mol. The molecule has 1 atom stereocenters. The summed E-state index contributed by atoms with van der Waals surface area (Å²) in [6, 6.07) is 6.04. The second-order valence-corrected chi connectivity index (χ2v) is 6.74. The van der Waals surface area contributed by atoms with Gasteiger partial charge in [0.25, 0.3) is 5.91 Å². The van der Waals surface area contributed by atoms with Gasteiger partial charge in [-0.3, -0.25) is 4.79 Å². The van der Waals surface area contributed by atoms with Crippen molar-refractivity contribution in [1.29, 1.82) is 0 Å². The quantitative estimate of drug-likeness (QED) is 0.830. The smallest absolute Gasteiger partial charge is 0.252 e. The second-order valence-electron chi connectivity index (χ2n) is 5.74. The van der Waals surface area contributed by atoms with E-state index >= 15 is 0 Å². The molecule has 1 amide bonds. The number of amides is 1. The van der Waals surface area contributed by atoms with Crippen LogP contribution in [0.5, 0.6) is 0 Å². The predicted molar refractivity (Wildman–Crippen MR) is 87.8 cm³/mol. The van der Waals surface area contributed by atoms with Gasteiger partial charge in [-0.15, -0.1) is 11.3 Å². The molecule has 21 heavy (non-hydrogen) atoms. The molecule has 0 saturated heterocycles. The number of nitrogens with one attached hydrogen (secondary N) is 1. The molecule has 3 N–H and O–H groups in total. The molecule has 1 unspecified atom stereocenters. The molecule has 0 bridgehead atoms. The fourth-order valence-electron chi connectivity index (χ4n) is 2.99. The van der Waals surface area contributed by atoms with Gasteiger partial charge in [0, 0.05) is 16.1 Å². The van der Waals surface area contributed by atoms with Gasteiger partial charge in [-0.05, 0) is 67.3 Å². The molecule has 2 aromatic rings. The van der Waals surface area contributed by atoms with E-state index in [1.54, 1.807) is 17.4 Å². The molecule has 3 rings (SSSR count). The number of fused-ring (bicyclic) bond motifs is 1. The molecule has 3 nitrogen and oxygen atoms in total. The Morgan fingerprint density at radius 2 is 2.14 bits per heavy atom. The van der Waals surface area contributed by atoms with Crippen LogP contribution in [0.2, 0.25) is 0 Å². The zero-order valence-electron chi connectivity index (χ0n) is 12.4. The second kappa shape index (κ2) is 5.53. The number of benzene rings is 1. The number of aryl methyl sites for hydroxylation is 3. The van der Waals surface area contributed by atoms with Crippen molar-refractivity contribution in [3.8, 4) is 0 Å². The van der Waals surface area contributed by atoms with Crippen LogP contribution >= 0.6 is 11.3 Å². The number of thiophene rings is 1. The first-order valence-electron chi connectivity index (χ1n) is 7.30. The highest BCUT2D eigenvalue weighted by Crippen LogP contribution is 2.33. The number of nitrogens with two attached hydrogens (primary N) is 1. The topological polar surface area (TPSA) is 55.1 Å². The van der Waals surface area contributed by atoms with Crippen molar-refractivity contribution in [3.05, 3.63) is 50.7 Å². The van der Waals surface area contributed by atoms with Crippen LogP contribution in [0.3, 0.4) is 0 Å². The summed E-state index contributed by atoms with van der Waals surface area (Å²) >= 11 is 1.79. The summed E-state index contributed by atoms with van der Waals surface area (Å²) in [5.74, 6) is -0.0248. The van der Waals surface area contributed by atoms with Crippen LogP contribution in [0.25, 0.3) is 0 Å². The molecule has 1 aliphatic rings. The highest BCUT2D eigenvalue weighted by molar-refractivity contribution is 7.10. The highest BCUT2D eigenvalue weighted by atomic mass is 32.1. The van der Waals surface area contributed by atoms with Crippen molar-refractivity contribution >= 4 is 22.9 Å². The number of anilines is 1. The van der Waals surface area contributed by atoms with E-state index in [-0.39, 0.29) is 11.9 Å². The Labute approximate surface area is 129 Å². The molecule has 110 valence electrons. The van der Waals surface area contributed by atoms with Gasteiger partial charge >= 0.3 is 0 Å². The number of carbonyl (C=O) groups excluding carboxylic acids is 1. The third-order valence-corrected chi connectivity index (χ3v) is 5.21. The maximum Gasteiger partial charge on any atom is 0.252 e. The van der Waals surface area contributed by atoms with E-state index in [1.165, 1.54) is 10.4 Å². The maximum absolute atomic E-state index is 12.6. The largest absolute Gasteiger partial charge is 0.398 e. The molecule has 0 spiro atoms. The van der Waals surface area contributed by atoms with E-state index < -0.39 is 0 Å². The molecule has 1 aromatic carbocycles. The number of carbonyl (C=O) groups is 1. The minimum Gasteiger partial charge on any atom is -0.398 e. The van der Waals surface area contributed by atoms with Gasteiger partial charge in [-0.1, -0.05) is 6.07 Å². The molecular weight excluding hydrogens is 280 g/mol. The van der Waals surface area contributed by atoms with Crippen LogP contribution in [0.4, 0.5) is 5.69 Å². The van der Waals surface area contributed by atoms with Crippen molar-refractivity contribution in [2.24, 2.45) is 0 Å². The molecule has 0 fully saturated rings. The van der Waals surface area contributed by atoms with E-state index in [2.05, 4.69) is 16.8 Å². The first-order valence-corrected chi connectivity index (χ1v) is 8.18. The average Bonchev–Trinajstić information content (AvgIpc) is 2.92. The van der Waals surface area contributed by atoms with Crippen LogP contribution in [0.1, 0.15) is 50.8 Å². The van der Waals surface area contributed by atoms with E-state index in [4.69, 9.17) is 5.73 Å². The Balaban J connectivity index is 1.84. The fraction of sp³-hybridized carbons (Fsp3) is 0.353. The predicted octanol–water partition coefficient (Wildman–Crippen LogP) is 3.75. The van der Waals surface area contributed by atoms with E-state index in [1.807, 2.05) is 19.9 Å². The summed E-state index contributed by atoms with van der Waals surface area (Å²) in [6.07, 6.45) is 3.28. The van der Waals surface area contributed by atoms with E-state index in [9.17, 15) is 4.79 Å². The van der Waals surface area contributed by atoms with Gasteiger partial charge < -0.3 is 11.1 Å². The lowest BCUT2D eigenvalue weighted by Crippen LogP contribution is -2.31. The van der Waals surface area contributed by atoms with Gasteiger partial charge in [0.1, 0.15) is 0 Å². The van der Waals surface area contributed by atoms with Crippen molar-refractivity contribution in [3.63, 3.8) is 0 Å². The van der Waals surface area contributed by atoms with E-state index in [0.717, 1.165) is 30.4 Å². The standard InChI is InChI=1S/C17H20N2OS/c1-10-8-11(2)14(18)9-13(10)17(20)19-15-4-3-5-16-12(15)6-7-21-16/h6-9,15H,3-5,18H2,1-2H3,(H,19,20). The van der Waals surface area contributed by atoms with Crippen molar-refractivity contribution < 1.29 is 4.79 Å². The lowest BCUT2D eigenvalue weighted by atomic mass is 9.93. The van der Waals surface area contributed by atoms with E-state index in [0.29, 0.717) is 11.3 Å². The zero-order valence-corrected chi connectivity index (χ0v) is 13.2. The number of hydrogen-bond acceptors (Lipinski definition) is 3. The first kappa shape index (κ1) is 14.1. The van der Waals surface area contributed by atoms with Crippen LogP contribution in [-0.4, -0.2) is 5.91 Å². The highest BCUT2D eigenvalue weighted by Gasteiger charge is 2.23. The molecule has 0 saturated carbocycles. The van der Waals surface area contributed by atoms with Gasteiger partial charge in [0.05, 0.1) is 6.04 Å². The molecule has 1 aliphatic carbocycles. The molecule has 0 aliphatic heterocycles. The normalized spacial score (nSPS) is 17.3. The third kappa shape index (κ3) is 2.68. The third-order valence-electron chi connectivity index (χ3n) is 4.21. The summed E-state index contributed by atoms with van der Waals surface area (Å²) in [5.41, 5.74) is 10.6. The Morgan fingerprint density at radius 3 is 2.95 bits per heavy atom. The van der Waals surface area contributed by atoms with Crippen LogP contribution in [-0.2, 0) is 6.42 Å². The van der Waals surface area contributed by atoms with Crippen molar-refractivity contribution in [2.45, 2.75) is 39.2 Å². The summed E-state index contributed by atoms with van der Waals surface area (Å²) in [5, 5.41) is 5.29. The lowest BCUT2D eigenvalue weighted by molar-refractivity contribution is 0.0932. The Morgan fingerprint density at radius 1 is 1.33 bits per heavy atom. The minimum absolute atomic E-state index is 0.0248. The Bertz CT molecular complexity index is 690. The first-order chi connectivity index (χ1) is 10.1. The van der Waals surface area contributed by atoms with Crippen molar-refractivity contribution in [2.75, 3.05) is 5.73 Å². The van der Waals surface area contributed by atoms with Crippen LogP contribution in [0, 0.1) is 13.8 Å². The van der Waals surface area contributed by atoms with Gasteiger partial charge in [0.15, 0.2) is 0 Å². The SMILES string of the molecule is Cc1cc(C)c(C(=O)NC2CCCc3sccc32)cc1N. The van der Waals surface area contributed by atoms with Gasteiger partial charge in [0.2, 0.25) is 0 Å². The molecule has 1 heterocycles. The summed E-state index contributed by atoms with van der Waals surface area (Å²) in [7, 11) is 0.